The number of anilines is 2. The van der Waals surface area contributed by atoms with E-state index >= 15 is 0 Å². The molecule has 5 aromatic rings. The van der Waals surface area contributed by atoms with Gasteiger partial charge in [-0.3, -0.25) is 15.0 Å². The number of para-hydroxylation sites is 1. The molecular weight excluding hydrogens is 520 g/mol. The van der Waals surface area contributed by atoms with Crippen LogP contribution in [0.2, 0.25) is 0 Å². The van der Waals surface area contributed by atoms with Crippen LogP contribution in [0.25, 0.3) is 22.6 Å². The first-order valence-electron chi connectivity index (χ1n) is 13.5. The number of fused-ring (bicyclic) bond motifs is 1. The monoisotopic (exact) mass is 552 g/mol. The van der Waals surface area contributed by atoms with Crippen molar-refractivity contribution in [3.8, 4) is 22.8 Å². The molecule has 1 aliphatic rings. The fraction of sp³-hybridized carbons (Fsp3) is 0.258. The molecule has 0 radical (unpaired) electrons. The molecular formula is C31H32N6O4. The lowest BCUT2D eigenvalue weighted by Crippen LogP contribution is -2.25. The smallest absolute Gasteiger partial charge is 0.326 e. The summed E-state index contributed by atoms with van der Waals surface area (Å²) in [6.45, 7) is 8.30. The third kappa shape index (κ3) is 5.39. The van der Waals surface area contributed by atoms with Crippen LogP contribution in [0.5, 0.6) is 5.88 Å². The number of ether oxygens (including phenoxy) is 3. The van der Waals surface area contributed by atoms with Gasteiger partial charge >= 0.3 is 6.03 Å². The van der Waals surface area contributed by atoms with E-state index in [2.05, 4.69) is 10.6 Å². The van der Waals surface area contributed by atoms with Crippen molar-refractivity contribution in [1.82, 2.24) is 19.2 Å². The Morgan fingerprint density at radius 2 is 1.71 bits per heavy atom. The van der Waals surface area contributed by atoms with Gasteiger partial charge in [-0.25, -0.2) is 14.5 Å². The molecule has 1 fully saturated rings. The SMILES string of the molecule is Cc1c(OCC2COC(C)(C)O2)nn(-c2ccccc2)c1NC(=O)Nc1c(-c2ccccc2)nc2c(C)cccn12. The van der Waals surface area contributed by atoms with Crippen molar-refractivity contribution in [3.05, 3.63) is 90.1 Å². The number of amides is 2. The molecule has 0 bridgehead atoms. The fourth-order valence-electron chi connectivity index (χ4n) is 4.90. The Morgan fingerprint density at radius 3 is 2.41 bits per heavy atom. The quantitative estimate of drug-likeness (QED) is 0.258. The maximum atomic E-state index is 13.6. The summed E-state index contributed by atoms with van der Waals surface area (Å²) in [6.07, 6.45) is 1.67. The van der Waals surface area contributed by atoms with Gasteiger partial charge in [0.25, 0.3) is 0 Å². The van der Waals surface area contributed by atoms with Crippen molar-refractivity contribution in [1.29, 1.82) is 0 Å². The van der Waals surface area contributed by atoms with Gasteiger partial charge in [0, 0.05) is 11.8 Å². The van der Waals surface area contributed by atoms with Gasteiger partial charge in [-0.05, 0) is 51.5 Å². The van der Waals surface area contributed by atoms with Crippen LogP contribution in [0, 0.1) is 13.8 Å². The molecule has 10 heteroatoms. The molecule has 6 rings (SSSR count). The van der Waals surface area contributed by atoms with Crippen LogP contribution in [0.1, 0.15) is 25.0 Å². The van der Waals surface area contributed by atoms with Crippen LogP contribution >= 0.6 is 0 Å². The Labute approximate surface area is 237 Å². The Balaban J connectivity index is 1.31. The highest BCUT2D eigenvalue weighted by Gasteiger charge is 2.33. The van der Waals surface area contributed by atoms with Crippen molar-refractivity contribution in [2.24, 2.45) is 0 Å². The third-order valence-corrected chi connectivity index (χ3v) is 6.91. The fourth-order valence-corrected chi connectivity index (χ4v) is 4.90. The lowest BCUT2D eigenvalue weighted by atomic mass is 10.1. The number of rotatable bonds is 7. The van der Waals surface area contributed by atoms with Crippen LogP contribution in [0.4, 0.5) is 16.4 Å². The highest BCUT2D eigenvalue weighted by Crippen LogP contribution is 2.32. The predicted molar refractivity (Wildman–Crippen MR) is 157 cm³/mol. The number of imidazole rings is 1. The van der Waals surface area contributed by atoms with Crippen LogP contribution in [-0.4, -0.2) is 50.3 Å². The highest BCUT2D eigenvalue weighted by atomic mass is 16.7. The molecule has 1 atom stereocenters. The minimum atomic E-state index is -0.647. The topological polar surface area (TPSA) is 104 Å². The number of hydrogen-bond acceptors (Lipinski definition) is 6. The number of carbonyl (C=O) groups excluding carboxylic acids is 1. The number of aryl methyl sites for hydroxylation is 1. The summed E-state index contributed by atoms with van der Waals surface area (Å²) in [5, 5.41) is 10.7. The molecule has 10 nitrogen and oxygen atoms in total. The normalized spacial score (nSPS) is 16.1. The Kier molecular flexibility index (Phi) is 6.94. The lowest BCUT2D eigenvalue weighted by molar-refractivity contribution is -0.141. The molecule has 4 heterocycles. The van der Waals surface area contributed by atoms with Gasteiger partial charge in [0.2, 0.25) is 5.88 Å². The van der Waals surface area contributed by atoms with E-state index in [-0.39, 0.29) is 12.7 Å². The van der Waals surface area contributed by atoms with Gasteiger partial charge < -0.3 is 14.2 Å². The lowest BCUT2D eigenvalue weighted by Gasteiger charge is -2.17. The largest absolute Gasteiger partial charge is 0.473 e. The second-order valence-electron chi connectivity index (χ2n) is 10.4. The molecule has 1 saturated heterocycles. The molecule has 0 aliphatic carbocycles. The summed E-state index contributed by atoms with van der Waals surface area (Å²) in [7, 11) is 0. The summed E-state index contributed by atoms with van der Waals surface area (Å²) >= 11 is 0. The minimum absolute atomic E-state index is 0.221. The summed E-state index contributed by atoms with van der Waals surface area (Å²) in [6, 6.07) is 22.8. The van der Waals surface area contributed by atoms with Gasteiger partial charge in [0.05, 0.1) is 17.9 Å². The maximum absolute atomic E-state index is 13.6. The number of benzene rings is 2. The van der Waals surface area contributed by atoms with Crippen LogP contribution < -0.4 is 15.4 Å². The molecule has 210 valence electrons. The van der Waals surface area contributed by atoms with E-state index in [1.807, 2.05) is 111 Å². The molecule has 41 heavy (non-hydrogen) atoms. The Morgan fingerprint density at radius 1 is 1.00 bits per heavy atom. The zero-order valence-corrected chi connectivity index (χ0v) is 23.4. The maximum Gasteiger partial charge on any atom is 0.326 e. The minimum Gasteiger partial charge on any atom is -0.473 e. The number of hydrogen-bond donors (Lipinski definition) is 2. The van der Waals surface area contributed by atoms with E-state index in [1.165, 1.54) is 0 Å². The summed E-state index contributed by atoms with van der Waals surface area (Å²) in [5.74, 6) is 0.798. The van der Waals surface area contributed by atoms with Crippen LogP contribution in [-0.2, 0) is 9.47 Å². The highest BCUT2D eigenvalue weighted by molar-refractivity contribution is 6.02. The Bertz CT molecular complexity index is 1690. The van der Waals surface area contributed by atoms with Gasteiger partial charge in [-0.15, -0.1) is 5.10 Å². The van der Waals surface area contributed by atoms with Crippen molar-refractivity contribution in [2.75, 3.05) is 23.8 Å². The average Bonchev–Trinajstić information content (AvgIpc) is 3.62. The number of pyridine rings is 1. The van der Waals surface area contributed by atoms with E-state index in [9.17, 15) is 4.79 Å². The van der Waals surface area contributed by atoms with E-state index in [0.29, 0.717) is 35.4 Å². The standard InChI is InChI=1S/C31H32N6O4/c1-20-12-11-17-36-26(20)32-25(22-13-7-5-8-14-22)28(36)34-30(38)33-27-21(2)29(35-37(27)23-15-9-6-10-16-23)39-18-24-19-40-31(3,4)41-24/h5-17,24H,18-19H2,1-4H3,(H2,33,34,38). The first-order chi connectivity index (χ1) is 19.8. The molecule has 2 amide bonds. The molecule has 3 aromatic heterocycles. The molecule has 1 aliphatic heterocycles. The molecule has 1 unspecified atom stereocenters. The average molecular weight is 553 g/mol. The number of nitrogens with one attached hydrogen (secondary N) is 2. The van der Waals surface area contributed by atoms with Crippen LogP contribution in [0.3, 0.4) is 0 Å². The van der Waals surface area contributed by atoms with E-state index < -0.39 is 11.8 Å². The molecule has 0 saturated carbocycles. The third-order valence-electron chi connectivity index (χ3n) is 6.91. The second-order valence-corrected chi connectivity index (χ2v) is 10.4. The summed E-state index contributed by atoms with van der Waals surface area (Å²) < 4.78 is 21.1. The molecule has 2 N–H and O–H groups in total. The van der Waals surface area contributed by atoms with Gasteiger partial charge in [-0.1, -0.05) is 54.6 Å². The first kappa shape index (κ1) is 26.5. The van der Waals surface area contributed by atoms with E-state index in [0.717, 1.165) is 22.5 Å². The number of carbonyl (C=O) groups is 1. The Hall–Kier alpha value is -4.67. The molecule has 2 aromatic carbocycles. The van der Waals surface area contributed by atoms with Gasteiger partial charge in [0.15, 0.2) is 5.79 Å². The first-order valence-corrected chi connectivity index (χ1v) is 13.5. The van der Waals surface area contributed by atoms with E-state index in [4.69, 9.17) is 24.3 Å². The van der Waals surface area contributed by atoms with Gasteiger partial charge in [0.1, 0.15) is 35.7 Å². The van der Waals surface area contributed by atoms with Crippen molar-refractivity contribution >= 4 is 23.3 Å². The molecule has 0 spiro atoms. The van der Waals surface area contributed by atoms with Gasteiger partial charge in [-0.2, -0.15) is 0 Å². The van der Waals surface area contributed by atoms with Crippen molar-refractivity contribution in [3.63, 3.8) is 0 Å². The summed E-state index contributed by atoms with van der Waals surface area (Å²) in [4.78, 5) is 18.5. The zero-order chi connectivity index (χ0) is 28.6. The van der Waals surface area contributed by atoms with Crippen molar-refractivity contribution in [2.45, 2.75) is 39.6 Å². The number of urea groups is 1. The number of aromatic nitrogens is 4. The van der Waals surface area contributed by atoms with E-state index in [1.54, 1.807) is 4.68 Å². The zero-order valence-electron chi connectivity index (χ0n) is 23.4. The summed E-state index contributed by atoms with van der Waals surface area (Å²) in [5.41, 5.74) is 4.79. The second kappa shape index (κ2) is 10.7. The predicted octanol–water partition coefficient (Wildman–Crippen LogP) is 5.98. The van der Waals surface area contributed by atoms with Crippen LogP contribution in [0.15, 0.2) is 79.0 Å². The van der Waals surface area contributed by atoms with Crippen molar-refractivity contribution < 1.29 is 19.0 Å². The number of nitrogens with zero attached hydrogens (tertiary/aromatic N) is 4.